The van der Waals surface area contributed by atoms with Crippen molar-refractivity contribution in [1.82, 2.24) is 19.6 Å². The Morgan fingerprint density at radius 3 is 1.34 bits per heavy atom. The van der Waals surface area contributed by atoms with Crippen LogP contribution in [0.2, 0.25) is 0 Å². The number of carbonyl (C=O) groups excluding carboxylic acids is 6. The molecule has 17 nitrogen and oxygen atoms in total. The Kier molecular flexibility index (Phi) is 27.7. The minimum absolute atomic E-state index is 0.00188. The molecule has 9 aromatic rings. The molecule has 700 valence electrons. The van der Waals surface area contributed by atoms with Gasteiger partial charge in [-0.3, -0.25) is 33.7 Å². The Labute approximate surface area is 772 Å². The molecule has 0 spiro atoms. The van der Waals surface area contributed by atoms with Gasteiger partial charge in [-0.1, -0.05) is 111 Å². The predicted octanol–water partition coefficient (Wildman–Crippen LogP) is 23.1. The van der Waals surface area contributed by atoms with E-state index in [0.29, 0.717) is 114 Å². The Morgan fingerprint density at radius 1 is 0.391 bits per heavy atom. The number of hydrogen-bond donors (Lipinski definition) is 5. The molecule has 5 N–H and O–H groups in total. The Bertz CT molecular complexity index is 5790. The third-order valence-corrected chi connectivity index (χ3v) is 29.8. The fourth-order valence-corrected chi connectivity index (χ4v) is 23.1. The quantitative estimate of drug-likeness (QED) is 0.0384. The van der Waals surface area contributed by atoms with E-state index in [2.05, 4.69) is 43.3 Å². The maximum absolute atomic E-state index is 17.2. The number of piperidine rings is 3. The average Bonchev–Trinajstić information content (AvgIpc) is 1.67. The lowest BCUT2D eigenvalue weighted by molar-refractivity contribution is -0.180. The van der Waals surface area contributed by atoms with Crippen molar-refractivity contribution in [3.63, 3.8) is 0 Å². The van der Waals surface area contributed by atoms with Crippen LogP contribution in [0.4, 0.5) is 79.3 Å². The van der Waals surface area contributed by atoms with Crippen molar-refractivity contribution >= 4 is 75.3 Å². The lowest BCUT2D eigenvalue weighted by atomic mass is 9.82. The van der Waals surface area contributed by atoms with Crippen LogP contribution >= 0.6 is 0 Å². The number of aryl methyl sites for hydroxylation is 4. The summed E-state index contributed by atoms with van der Waals surface area (Å²) in [4.78, 5) is 101. The summed E-state index contributed by atoms with van der Waals surface area (Å²) in [5, 5.41) is 16.4. The summed E-state index contributed by atoms with van der Waals surface area (Å²) in [6.45, 7) is 14.2. The van der Waals surface area contributed by atoms with Gasteiger partial charge in [-0.25, -0.2) is 13.2 Å². The van der Waals surface area contributed by atoms with Crippen LogP contribution < -0.4 is 36.4 Å². The number of amides is 6. The number of anilines is 7. The van der Waals surface area contributed by atoms with Crippen LogP contribution in [0.1, 0.15) is 256 Å². The molecule has 6 amide bonds. The lowest BCUT2D eigenvalue weighted by Crippen LogP contribution is -2.47. The highest BCUT2D eigenvalue weighted by atomic mass is 19.4. The van der Waals surface area contributed by atoms with Gasteiger partial charge in [0.15, 0.2) is 0 Å². The third kappa shape index (κ3) is 19.7. The number of alkyl halides is 6. The van der Waals surface area contributed by atoms with E-state index in [4.69, 9.17) is 0 Å². The summed E-state index contributed by atoms with van der Waals surface area (Å²) in [5.41, 5.74) is 9.50. The number of benzene rings is 9. The zero-order valence-electron chi connectivity index (χ0n) is 76.4. The molecule has 9 unspecified atom stereocenters. The summed E-state index contributed by atoms with van der Waals surface area (Å²) >= 11 is 0. The molecule has 10 atom stereocenters. The van der Waals surface area contributed by atoms with Gasteiger partial charge in [-0.15, -0.1) is 0 Å². The predicted molar refractivity (Wildman–Crippen MR) is 502 cm³/mol. The SMILES string of the molecule is CCc1ccc(NC(=O)C2CCCN(C(=O)c3c(C)cccc3F)C2c2ccc(CN3CCC(c4ccc(F)c(C(=O)N5CCCC(C(=O)Nc6ccc(C)c(N7CCCC7)c6)C5c5ccc(NC6CCC(c7ccc(F)c(C(=O)N8CCCC(C(=O)Nc9ccc(C)c(C(F)(F)F)c9)[C@@H]8c8ccc(NC9CCCC9)cc8)c7C)C6)cc5)c4C)C3C(F)(F)F)cc2)cc1N1CCCC1. The summed E-state index contributed by atoms with van der Waals surface area (Å²) in [6, 6.07) is 42.3. The van der Waals surface area contributed by atoms with Crippen molar-refractivity contribution in [3.8, 4) is 0 Å². The topological polar surface area (TPSA) is 182 Å². The van der Waals surface area contributed by atoms with Crippen LogP contribution in [0.25, 0.3) is 0 Å². The second-order valence-electron chi connectivity index (χ2n) is 38.2. The van der Waals surface area contributed by atoms with E-state index in [0.717, 1.165) is 130 Å². The first-order valence-electron chi connectivity index (χ1n) is 47.7. The molecule has 8 aliphatic rings. The normalized spacial score (nSPS) is 22.6. The number of rotatable bonds is 23. The molecule has 9 aromatic carbocycles. The number of nitrogens with zero attached hydrogens (tertiary/aromatic N) is 6. The van der Waals surface area contributed by atoms with E-state index in [1.165, 1.54) is 60.0 Å². The molecule has 26 heteroatoms. The molecule has 2 aliphatic carbocycles. The van der Waals surface area contributed by atoms with Gasteiger partial charge in [0.25, 0.3) is 17.7 Å². The van der Waals surface area contributed by atoms with Crippen LogP contribution in [0, 0.1) is 69.8 Å². The Hall–Kier alpha value is -11.7. The molecule has 2 saturated carbocycles. The van der Waals surface area contributed by atoms with Crippen molar-refractivity contribution in [2.75, 3.05) is 88.7 Å². The Balaban J connectivity index is 0.617. The highest BCUT2D eigenvalue weighted by Gasteiger charge is 2.54. The molecule has 17 rings (SSSR count). The minimum Gasteiger partial charge on any atom is -0.382 e. The zero-order chi connectivity index (χ0) is 93.4. The first-order chi connectivity index (χ1) is 63.9. The second kappa shape index (κ2) is 39.5. The fraction of sp³-hybridized carbons (Fsp3) is 0.439. The first-order valence-corrected chi connectivity index (χ1v) is 47.7. The van der Waals surface area contributed by atoms with E-state index in [9.17, 15) is 27.6 Å². The van der Waals surface area contributed by atoms with Gasteiger partial charge in [0.2, 0.25) is 17.7 Å². The molecule has 0 radical (unpaired) electrons. The minimum atomic E-state index is -4.82. The maximum Gasteiger partial charge on any atom is 0.416 e. The molecule has 133 heavy (non-hydrogen) atoms. The van der Waals surface area contributed by atoms with E-state index < -0.39 is 112 Å². The molecule has 0 bridgehead atoms. The Morgan fingerprint density at radius 2 is 0.835 bits per heavy atom. The molecule has 8 fully saturated rings. The molecule has 6 saturated heterocycles. The van der Waals surface area contributed by atoms with Gasteiger partial charge in [0, 0.05) is 110 Å². The number of carbonyl (C=O) groups is 6. The van der Waals surface area contributed by atoms with Crippen molar-refractivity contribution < 1.29 is 68.3 Å². The van der Waals surface area contributed by atoms with E-state index >= 15 is 40.7 Å². The van der Waals surface area contributed by atoms with Gasteiger partial charge in [0.05, 0.1) is 58.1 Å². The maximum atomic E-state index is 17.2. The van der Waals surface area contributed by atoms with Crippen molar-refractivity contribution in [1.29, 1.82) is 0 Å². The molecule has 6 heterocycles. The van der Waals surface area contributed by atoms with Gasteiger partial charge >= 0.3 is 12.4 Å². The molecule has 0 aromatic heterocycles. The molecular formula is C107H118F9N11O6. The van der Waals surface area contributed by atoms with Gasteiger partial charge in [-0.05, 0) is 302 Å². The third-order valence-electron chi connectivity index (χ3n) is 29.8. The number of halogens is 9. The average molecular weight is 1830 g/mol. The van der Waals surface area contributed by atoms with Gasteiger partial charge < -0.3 is 51.1 Å². The fourth-order valence-electron chi connectivity index (χ4n) is 23.1. The van der Waals surface area contributed by atoms with Crippen LogP contribution in [0.15, 0.2) is 170 Å². The number of likely N-dealkylation sites (tertiary alicyclic amines) is 4. The van der Waals surface area contributed by atoms with Crippen LogP contribution in [-0.2, 0) is 33.5 Å². The zero-order valence-corrected chi connectivity index (χ0v) is 76.4. The summed E-state index contributed by atoms with van der Waals surface area (Å²) < 4.78 is 141. The summed E-state index contributed by atoms with van der Waals surface area (Å²) in [7, 11) is 0. The number of hydrogen-bond acceptors (Lipinski definition) is 11. The summed E-state index contributed by atoms with van der Waals surface area (Å²) in [6.07, 6.45) is 3.82. The van der Waals surface area contributed by atoms with E-state index in [1.807, 2.05) is 91.9 Å². The summed E-state index contributed by atoms with van der Waals surface area (Å²) in [5.74, 6) is -9.64. The van der Waals surface area contributed by atoms with Gasteiger partial charge in [0.1, 0.15) is 23.5 Å². The highest BCUT2D eigenvalue weighted by Crippen LogP contribution is 2.50. The number of nitrogens with one attached hydrogen (secondary N) is 5. The smallest absolute Gasteiger partial charge is 0.382 e. The largest absolute Gasteiger partial charge is 0.416 e. The van der Waals surface area contributed by atoms with Crippen molar-refractivity contribution in [2.24, 2.45) is 17.8 Å². The van der Waals surface area contributed by atoms with Crippen LogP contribution in [0.5, 0.6) is 0 Å². The van der Waals surface area contributed by atoms with E-state index in [-0.39, 0.29) is 96.4 Å². The molecule has 6 aliphatic heterocycles. The standard InChI is InChI=1S/C107H118F9N11O6/c1-7-69-31-43-80(61-92(69)123-52-12-13-53-123)121-102(130)84-21-15-54-125(103(131)93-65(4)18-14-24-88(93)108)96(84)70-29-27-68(28-30-70)62-124-57-49-83(99(124)107(114,115)116)82-46-48-90(110)95(67(82)6)105(133)127-56-17-23-86(101(129)120-79-38-26-64(3)91(60-79)122-50-10-11-51-122)98(127)72-34-41-76(42-35-72)118-77-44-36-73(58-77)81-45-47-89(109)94(66(81)5)104(132)126-55-16-22-85(100(128)119-78-37-25-63(2)87(59-78)106(111,112)113)97(126)71-32-39-75(40-33-71)117-74-19-8-9-20-74/h14,18,24-35,37-43,45-48,59-61,73-74,77,83-86,96-99,117-118H,7-13,15-17,19-23,36,44,49-58,62H2,1-6H3,(H,119,128)(H,120,129)(H,121,130)/t73?,77?,83?,84?,85?,86?,96?,97-,98?,99?/m0/s1. The first kappa shape index (κ1) is 93.2. The van der Waals surface area contributed by atoms with Crippen LogP contribution in [0.3, 0.4) is 0 Å². The van der Waals surface area contributed by atoms with Gasteiger partial charge in [-0.2, -0.15) is 26.3 Å². The monoisotopic (exact) mass is 1820 g/mol. The van der Waals surface area contributed by atoms with Crippen LogP contribution in [-0.4, -0.2) is 132 Å². The van der Waals surface area contributed by atoms with E-state index in [1.54, 1.807) is 60.0 Å². The molecular weight excluding hydrogens is 1710 g/mol. The van der Waals surface area contributed by atoms with Crippen molar-refractivity contribution in [2.45, 2.75) is 231 Å². The highest BCUT2D eigenvalue weighted by molar-refractivity contribution is 6.01. The van der Waals surface area contributed by atoms with Crippen molar-refractivity contribution in [3.05, 3.63) is 276 Å². The lowest BCUT2D eigenvalue weighted by Gasteiger charge is -2.41. The second-order valence-corrected chi connectivity index (χ2v) is 38.2.